The van der Waals surface area contributed by atoms with Crippen molar-refractivity contribution < 1.29 is 28.5 Å². The van der Waals surface area contributed by atoms with Crippen LogP contribution in [0.1, 0.15) is 38.5 Å². The minimum atomic E-state index is -0.452. The fourth-order valence-corrected chi connectivity index (χ4v) is 4.22. The van der Waals surface area contributed by atoms with Crippen LogP contribution in [-0.2, 0) is 18.9 Å². The Morgan fingerprint density at radius 3 is 2.63 bits per heavy atom. The molecule has 3 heterocycles. The van der Waals surface area contributed by atoms with E-state index in [1.165, 1.54) is 0 Å². The number of methoxy groups -OCH3 is 1. The number of hydrogen-bond acceptors (Lipinski definition) is 7. The van der Waals surface area contributed by atoms with Crippen molar-refractivity contribution in [1.82, 2.24) is 15.2 Å². The topological polar surface area (TPSA) is 102 Å². The van der Waals surface area contributed by atoms with Crippen LogP contribution >= 0.6 is 0 Å². The zero-order chi connectivity index (χ0) is 21.5. The molecule has 3 rings (SSSR count). The Bertz CT molecular complexity index is 723. The zero-order valence-corrected chi connectivity index (χ0v) is 18.1. The minimum Gasteiger partial charge on any atom is -0.460 e. The summed E-state index contributed by atoms with van der Waals surface area (Å²) in [5.74, 6) is -0.281. The monoisotopic (exact) mass is 423 g/mol. The lowest BCUT2D eigenvalue weighted by atomic mass is 9.96. The number of nitrogens with one attached hydrogen (secondary N) is 2. The number of rotatable bonds is 9. The highest BCUT2D eigenvalue weighted by molar-refractivity contribution is 6.00. The van der Waals surface area contributed by atoms with Gasteiger partial charge in [0.05, 0.1) is 32.0 Å². The highest BCUT2D eigenvalue weighted by Gasteiger charge is 2.32. The molecule has 9 nitrogen and oxygen atoms in total. The maximum Gasteiger partial charge on any atom is 0.340 e. The van der Waals surface area contributed by atoms with E-state index in [0.29, 0.717) is 54.8 Å². The van der Waals surface area contributed by atoms with Crippen LogP contribution in [0.2, 0.25) is 0 Å². The van der Waals surface area contributed by atoms with Crippen LogP contribution in [0, 0.1) is 19.8 Å². The van der Waals surface area contributed by atoms with E-state index in [2.05, 4.69) is 15.2 Å². The molecule has 0 radical (unpaired) electrons. The van der Waals surface area contributed by atoms with Crippen LogP contribution in [-0.4, -0.2) is 94.2 Å². The lowest BCUT2D eigenvalue weighted by Crippen LogP contribution is -2.52. The molecule has 2 unspecified atom stereocenters. The van der Waals surface area contributed by atoms with E-state index in [4.69, 9.17) is 18.9 Å². The molecule has 1 aromatic heterocycles. The first-order valence-electron chi connectivity index (χ1n) is 10.6. The number of esters is 1. The number of carbonyl (C=O) groups is 2. The van der Waals surface area contributed by atoms with Gasteiger partial charge in [-0.1, -0.05) is 0 Å². The van der Waals surface area contributed by atoms with Gasteiger partial charge in [0.15, 0.2) is 0 Å². The Labute approximate surface area is 177 Å². The second kappa shape index (κ2) is 10.9. The summed E-state index contributed by atoms with van der Waals surface area (Å²) >= 11 is 0. The van der Waals surface area contributed by atoms with Gasteiger partial charge in [-0.3, -0.25) is 9.69 Å². The van der Waals surface area contributed by atoms with Crippen LogP contribution in [0.5, 0.6) is 0 Å². The number of aromatic amines is 1. The number of H-pyrrole nitrogens is 1. The van der Waals surface area contributed by atoms with Crippen LogP contribution in [0.25, 0.3) is 0 Å². The SMILES string of the molecule is COCCOC(=O)c1c(C)[nH]c(C(=O)NCC(C2CCOC2)N2CCOCC2)c1C. The highest BCUT2D eigenvalue weighted by atomic mass is 16.6. The van der Waals surface area contributed by atoms with Crippen LogP contribution in [0.4, 0.5) is 0 Å². The average molecular weight is 424 g/mol. The summed E-state index contributed by atoms with van der Waals surface area (Å²) < 4.78 is 21.2. The maximum atomic E-state index is 12.9. The third-order valence-corrected chi connectivity index (χ3v) is 5.88. The van der Waals surface area contributed by atoms with Crippen molar-refractivity contribution in [1.29, 1.82) is 0 Å². The van der Waals surface area contributed by atoms with Gasteiger partial charge in [-0.25, -0.2) is 4.79 Å². The molecule has 0 saturated carbocycles. The molecule has 0 aromatic carbocycles. The van der Waals surface area contributed by atoms with Crippen molar-refractivity contribution in [2.45, 2.75) is 26.3 Å². The second-order valence-electron chi connectivity index (χ2n) is 7.80. The first-order chi connectivity index (χ1) is 14.5. The molecule has 0 spiro atoms. The molecule has 2 aliphatic rings. The van der Waals surface area contributed by atoms with E-state index >= 15 is 0 Å². The lowest BCUT2D eigenvalue weighted by Gasteiger charge is -2.37. The Balaban J connectivity index is 1.65. The summed E-state index contributed by atoms with van der Waals surface area (Å²) in [6.07, 6.45) is 0.996. The molecule has 2 N–H and O–H groups in total. The molecule has 168 valence electrons. The molecule has 2 aliphatic heterocycles. The van der Waals surface area contributed by atoms with E-state index in [9.17, 15) is 9.59 Å². The first kappa shape index (κ1) is 22.7. The minimum absolute atomic E-state index is 0.172. The number of carbonyl (C=O) groups excluding carboxylic acids is 2. The number of aromatic nitrogens is 1. The number of aryl methyl sites for hydroxylation is 1. The zero-order valence-electron chi connectivity index (χ0n) is 18.1. The van der Waals surface area contributed by atoms with Gasteiger partial charge in [-0.2, -0.15) is 0 Å². The van der Waals surface area contributed by atoms with Crippen LogP contribution in [0.3, 0.4) is 0 Å². The smallest absolute Gasteiger partial charge is 0.340 e. The molecular weight excluding hydrogens is 390 g/mol. The van der Waals surface area contributed by atoms with E-state index < -0.39 is 5.97 Å². The largest absolute Gasteiger partial charge is 0.460 e. The summed E-state index contributed by atoms with van der Waals surface area (Å²) in [6.45, 7) is 9.17. The molecule has 2 fully saturated rings. The van der Waals surface area contributed by atoms with Crippen LogP contribution < -0.4 is 5.32 Å². The molecule has 0 aliphatic carbocycles. The van der Waals surface area contributed by atoms with Crippen molar-refractivity contribution in [3.8, 4) is 0 Å². The van der Waals surface area contributed by atoms with Gasteiger partial charge in [0.2, 0.25) is 0 Å². The molecule has 30 heavy (non-hydrogen) atoms. The van der Waals surface area contributed by atoms with Gasteiger partial charge in [-0.15, -0.1) is 0 Å². The van der Waals surface area contributed by atoms with Gasteiger partial charge >= 0.3 is 5.97 Å². The van der Waals surface area contributed by atoms with Gasteiger partial charge in [-0.05, 0) is 25.8 Å². The number of morpholine rings is 1. The summed E-state index contributed by atoms with van der Waals surface area (Å²) in [5.41, 5.74) is 2.02. The van der Waals surface area contributed by atoms with Crippen molar-refractivity contribution in [3.05, 3.63) is 22.5 Å². The number of amides is 1. The fourth-order valence-electron chi connectivity index (χ4n) is 4.22. The van der Waals surface area contributed by atoms with Gasteiger partial charge in [0.25, 0.3) is 5.91 Å². The van der Waals surface area contributed by atoms with Crippen molar-refractivity contribution in [2.24, 2.45) is 5.92 Å². The third-order valence-electron chi connectivity index (χ3n) is 5.88. The average Bonchev–Trinajstić information content (AvgIpc) is 3.37. The van der Waals surface area contributed by atoms with Gasteiger partial charge < -0.3 is 29.2 Å². The predicted octanol–water partition coefficient (Wildman–Crippen LogP) is 0.902. The molecular formula is C21H33N3O6. The number of hydrogen-bond donors (Lipinski definition) is 2. The van der Waals surface area contributed by atoms with E-state index in [1.807, 2.05) is 0 Å². The Morgan fingerprint density at radius 1 is 1.20 bits per heavy atom. The number of ether oxygens (including phenoxy) is 4. The predicted molar refractivity (Wildman–Crippen MR) is 110 cm³/mol. The molecule has 1 amide bonds. The fraction of sp³-hybridized carbons (Fsp3) is 0.714. The van der Waals surface area contributed by atoms with Crippen molar-refractivity contribution in [2.75, 3.05) is 66.4 Å². The normalized spacial score (nSPS) is 20.8. The molecule has 9 heteroatoms. The van der Waals surface area contributed by atoms with E-state index in [1.54, 1.807) is 21.0 Å². The standard InChI is InChI=1S/C21H33N3O6/c1-14-18(21(26)30-11-10-27-3)15(2)23-19(14)20(25)22-12-17(16-4-7-29-13-16)24-5-8-28-9-6-24/h16-17,23H,4-13H2,1-3H3,(H,22,25). The molecule has 2 saturated heterocycles. The van der Waals surface area contributed by atoms with Crippen LogP contribution in [0.15, 0.2) is 0 Å². The van der Waals surface area contributed by atoms with Gasteiger partial charge in [0.1, 0.15) is 12.3 Å². The quantitative estimate of drug-likeness (QED) is 0.449. The lowest BCUT2D eigenvalue weighted by molar-refractivity contribution is 0.00165. The summed E-state index contributed by atoms with van der Waals surface area (Å²) in [5, 5.41) is 3.07. The van der Waals surface area contributed by atoms with Crippen molar-refractivity contribution in [3.63, 3.8) is 0 Å². The maximum absolute atomic E-state index is 12.9. The van der Waals surface area contributed by atoms with E-state index in [-0.39, 0.29) is 18.6 Å². The molecule has 1 aromatic rings. The summed E-state index contributed by atoms with van der Waals surface area (Å²) in [4.78, 5) is 30.7. The molecule has 2 atom stereocenters. The van der Waals surface area contributed by atoms with Gasteiger partial charge in [0, 0.05) is 51.0 Å². The van der Waals surface area contributed by atoms with Crippen molar-refractivity contribution >= 4 is 11.9 Å². The summed E-state index contributed by atoms with van der Waals surface area (Å²) in [6, 6.07) is 0.204. The Kier molecular flexibility index (Phi) is 8.26. The Hall–Kier alpha value is -1.94. The number of nitrogens with zero attached hydrogens (tertiary/aromatic N) is 1. The highest BCUT2D eigenvalue weighted by Crippen LogP contribution is 2.23. The van der Waals surface area contributed by atoms with E-state index in [0.717, 1.165) is 32.7 Å². The first-order valence-corrected chi connectivity index (χ1v) is 10.6. The Morgan fingerprint density at radius 2 is 1.97 bits per heavy atom. The molecule has 0 bridgehead atoms. The second-order valence-corrected chi connectivity index (χ2v) is 7.80. The third kappa shape index (κ3) is 5.40. The summed E-state index contributed by atoms with van der Waals surface area (Å²) in [7, 11) is 1.55.